The molecule has 0 bridgehead atoms. The first-order chi connectivity index (χ1) is 11.8. The lowest BCUT2D eigenvalue weighted by molar-refractivity contribution is -0.128. The molecule has 6 nitrogen and oxygen atoms in total. The second kappa shape index (κ2) is 7.28. The molecule has 2 aliphatic rings. The third-order valence-electron chi connectivity index (χ3n) is 5.16. The lowest BCUT2D eigenvalue weighted by Gasteiger charge is -2.37. The number of piperidine rings is 1. The van der Waals surface area contributed by atoms with Crippen molar-refractivity contribution in [2.75, 3.05) is 24.6 Å². The Bertz CT molecular complexity index is 604. The van der Waals surface area contributed by atoms with Gasteiger partial charge in [-0.2, -0.15) is 0 Å². The highest BCUT2D eigenvalue weighted by Crippen LogP contribution is 2.26. The number of nitrogens with one attached hydrogen (secondary N) is 1. The van der Waals surface area contributed by atoms with Crippen molar-refractivity contribution in [3.8, 4) is 0 Å². The van der Waals surface area contributed by atoms with E-state index in [2.05, 4.69) is 34.0 Å². The molecule has 3 rings (SSSR count). The van der Waals surface area contributed by atoms with Gasteiger partial charge in [0, 0.05) is 43.0 Å². The number of aryl methyl sites for hydroxylation is 2. The summed E-state index contributed by atoms with van der Waals surface area (Å²) in [5.74, 6) is 1.08. The molecule has 0 aliphatic carbocycles. The Morgan fingerprint density at radius 2 is 1.84 bits per heavy atom. The van der Waals surface area contributed by atoms with Gasteiger partial charge in [0.1, 0.15) is 0 Å². The quantitative estimate of drug-likeness (QED) is 0.910. The highest BCUT2D eigenvalue weighted by molar-refractivity contribution is 5.79. The number of amides is 1. The molecule has 1 atom stereocenters. The van der Waals surface area contributed by atoms with Crippen molar-refractivity contribution in [3.05, 3.63) is 17.5 Å². The topological polar surface area (TPSA) is 67.4 Å². The largest absolute Gasteiger partial charge is 0.375 e. The number of anilines is 1. The molecule has 1 aromatic rings. The van der Waals surface area contributed by atoms with Crippen LogP contribution in [0.25, 0.3) is 0 Å². The molecule has 2 saturated heterocycles. The Labute approximate surface area is 150 Å². The van der Waals surface area contributed by atoms with Crippen LogP contribution >= 0.6 is 0 Å². The standard InChI is InChI=1S/C19H30N4O2/c1-13-11-14(2)21-18(20-13)23-8-5-15(6-9-23)17(24)22-16-7-10-25-19(3,4)12-16/h11,15-16H,5-10,12H2,1-4H3,(H,22,24)/t16-/m0/s1. The van der Waals surface area contributed by atoms with Crippen molar-refractivity contribution in [1.82, 2.24) is 15.3 Å². The lowest BCUT2D eigenvalue weighted by Crippen LogP contribution is -2.49. The maximum absolute atomic E-state index is 12.6. The van der Waals surface area contributed by atoms with E-state index in [9.17, 15) is 4.79 Å². The van der Waals surface area contributed by atoms with Crippen LogP contribution < -0.4 is 10.2 Å². The van der Waals surface area contributed by atoms with E-state index in [1.54, 1.807) is 0 Å². The van der Waals surface area contributed by atoms with Crippen LogP contribution in [0.2, 0.25) is 0 Å². The van der Waals surface area contributed by atoms with Crippen LogP contribution in [0, 0.1) is 19.8 Å². The number of carbonyl (C=O) groups is 1. The minimum absolute atomic E-state index is 0.0908. The van der Waals surface area contributed by atoms with Crippen LogP contribution in [0.15, 0.2) is 6.07 Å². The predicted molar refractivity (Wildman–Crippen MR) is 97.6 cm³/mol. The number of aromatic nitrogens is 2. The van der Waals surface area contributed by atoms with Gasteiger partial charge in [-0.3, -0.25) is 4.79 Å². The van der Waals surface area contributed by atoms with Gasteiger partial charge in [-0.05, 0) is 59.4 Å². The normalized spacial score (nSPS) is 24.2. The molecule has 25 heavy (non-hydrogen) atoms. The minimum atomic E-state index is -0.139. The van der Waals surface area contributed by atoms with Crippen molar-refractivity contribution in [2.24, 2.45) is 5.92 Å². The number of hydrogen-bond acceptors (Lipinski definition) is 5. The fraction of sp³-hybridized carbons (Fsp3) is 0.737. The van der Waals surface area contributed by atoms with E-state index in [1.807, 2.05) is 19.9 Å². The Hall–Kier alpha value is -1.69. The molecular weight excluding hydrogens is 316 g/mol. The van der Waals surface area contributed by atoms with Crippen LogP contribution in [0.1, 0.15) is 50.9 Å². The molecule has 0 spiro atoms. The van der Waals surface area contributed by atoms with E-state index < -0.39 is 0 Å². The smallest absolute Gasteiger partial charge is 0.225 e. The molecule has 0 aromatic carbocycles. The zero-order chi connectivity index (χ0) is 18.0. The summed E-state index contributed by atoms with van der Waals surface area (Å²) < 4.78 is 5.73. The van der Waals surface area contributed by atoms with Crippen molar-refractivity contribution < 1.29 is 9.53 Å². The number of carbonyl (C=O) groups excluding carboxylic acids is 1. The number of nitrogens with zero attached hydrogens (tertiary/aromatic N) is 3. The molecule has 0 saturated carbocycles. The van der Waals surface area contributed by atoms with Crippen LogP contribution in [-0.2, 0) is 9.53 Å². The summed E-state index contributed by atoms with van der Waals surface area (Å²) in [5.41, 5.74) is 1.84. The average molecular weight is 346 g/mol. The van der Waals surface area contributed by atoms with Crippen LogP contribution in [-0.4, -0.2) is 47.2 Å². The summed E-state index contributed by atoms with van der Waals surface area (Å²) in [4.78, 5) is 23.9. The van der Waals surface area contributed by atoms with Crippen molar-refractivity contribution >= 4 is 11.9 Å². The van der Waals surface area contributed by atoms with E-state index in [0.717, 1.165) is 62.7 Å². The zero-order valence-electron chi connectivity index (χ0n) is 15.8. The van der Waals surface area contributed by atoms with Crippen molar-refractivity contribution in [1.29, 1.82) is 0 Å². The SMILES string of the molecule is Cc1cc(C)nc(N2CCC(C(=O)N[C@H]3CCOC(C)(C)C3)CC2)n1. The summed E-state index contributed by atoms with van der Waals surface area (Å²) in [5, 5.41) is 3.25. The van der Waals surface area contributed by atoms with E-state index in [1.165, 1.54) is 0 Å². The van der Waals surface area contributed by atoms with Gasteiger partial charge in [0.25, 0.3) is 0 Å². The molecule has 3 heterocycles. The first kappa shape index (κ1) is 18.1. The molecule has 2 aliphatic heterocycles. The van der Waals surface area contributed by atoms with Gasteiger partial charge in [-0.1, -0.05) is 0 Å². The highest BCUT2D eigenvalue weighted by atomic mass is 16.5. The number of ether oxygens (including phenoxy) is 1. The van der Waals surface area contributed by atoms with Gasteiger partial charge in [0.2, 0.25) is 11.9 Å². The zero-order valence-corrected chi connectivity index (χ0v) is 15.8. The van der Waals surface area contributed by atoms with Gasteiger partial charge >= 0.3 is 0 Å². The summed E-state index contributed by atoms with van der Waals surface area (Å²) in [6.45, 7) is 10.6. The van der Waals surface area contributed by atoms with Crippen LogP contribution in [0.3, 0.4) is 0 Å². The Balaban J connectivity index is 1.52. The summed E-state index contributed by atoms with van der Waals surface area (Å²) in [6.07, 6.45) is 3.50. The van der Waals surface area contributed by atoms with Gasteiger partial charge in [0.15, 0.2) is 0 Å². The summed E-state index contributed by atoms with van der Waals surface area (Å²) in [7, 11) is 0. The maximum Gasteiger partial charge on any atom is 0.225 e. The molecule has 1 N–H and O–H groups in total. The third-order valence-corrected chi connectivity index (χ3v) is 5.16. The summed E-state index contributed by atoms with van der Waals surface area (Å²) in [6, 6.07) is 2.22. The second-order valence-corrected chi connectivity index (χ2v) is 8.02. The molecule has 2 fully saturated rings. The van der Waals surface area contributed by atoms with Gasteiger partial charge in [-0.15, -0.1) is 0 Å². The average Bonchev–Trinajstić information content (AvgIpc) is 2.53. The van der Waals surface area contributed by atoms with E-state index in [-0.39, 0.29) is 23.5 Å². The molecule has 6 heteroatoms. The Morgan fingerprint density at radius 1 is 1.20 bits per heavy atom. The van der Waals surface area contributed by atoms with Crippen molar-refractivity contribution in [3.63, 3.8) is 0 Å². The Morgan fingerprint density at radius 3 is 2.44 bits per heavy atom. The molecule has 138 valence electrons. The summed E-state index contributed by atoms with van der Waals surface area (Å²) >= 11 is 0. The first-order valence-electron chi connectivity index (χ1n) is 9.34. The van der Waals surface area contributed by atoms with E-state index in [0.29, 0.717) is 0 Å². The minimum Gasteiger partial charge on any atom is -0.375 e. The van der Waals surface area contributed by atoms with Gasteiger partial charge in [0.05, 0.1) is 5.60 Å². The molecule has 0 unspecified atom stereocenters. The molecular formula is C19H30N4O2. The Kier molecular flexibility index (Phi) is 5.27. The van der Waals surface area contributed by atoms with E-state index >= 15 is 0 Å². The van der Waals surface area contributed by atoms with Crippen LogP contribution in [0.4, 0.5) is 5.95 Å². The number of hydrogen-bond donors (Lipinski definition) is 1. The maximum atomic E-state index is 12.6. The first-order valence-corrected chi connectivity index (χ1v) is 9.34. The third kappa shape index (κ3) is 4.69. The fourth-order valence-electron chi connectivity index (χ4n) is 3.86. The highest BCUT2D eigenvalue weighted by Gasteiger charge is 2.32. The van der Waals surface area contributed by atoms with Gasteiger partial charge < -0.3 is 15.0 Å². The van der Waals surface area contributed by atoms with Crippen LogP contribution in [0.5, 0.6) is 0 Å². The molecule has 1 aromatic heterocycles. The van der Waals surface area contributed by atoms with Crippen molar-refractivity contribution in [2.45, 2.75) is 65.0 Å². The second-order valence-electron chi connectivity index (χ2n) is 8.02. The predicted octanol–water partition coefficient (Wildman–Crippen LogP) is 2.38. The molecule has 0 radical (unpaired) electrons. The lowest BCUT2D eigenvalue weighted by atomic mass is 9.91. The van der Waals surface area contributed by atoms with E-state index in [4.69, 9.17) is 4.74 Å². The fourth-order valence-corrected chi connectivity index (χ4v) is 3.86. The molecule has 1 amide bonds. The number of rotatable bonds is 3. The van der Waals surface area contributed by atoms with Gasteiger partial charge in [-0.25, -0.2) is 9.97 Å². The monoisotopic (exact) mass is 346 g/mol.